The number of carbonyl (C=O) groups is 1. The molecule has 1 fully saturated rings. The fourth-order valence-electron chi connectivity index (χ4n) is 2.33. The molecule has 0 aromatic heterocycles. The number of nitrogens with one attached hydrogen (secondary N) is 2. The van der Waals surface area contributed by atoms with Gasteiger partial charge in [-0.15, -0.1) is 0 Å². The summed E-state index contributed by atoms with van der Waals surface area (Å²) < 4.78 is 5.55. The molecule has 5 nitrogen and oxygen atoms in total. The third kappa shape index (κ3) is 3.95. The van der Waals surface area contributed by atoms with Gasteiger partial charge in [0.2, 0.25) is 0 Å². The standard InChI is InChI=1S/C15H23N3O2/c1-10(16)12-5-7-13(8-6-12)18-15(19)17-11(2)14-4-3-9-20-14/h5-8,10-11,14H,3-4,9,16H2,1-2H3,(H2,17,18,19). The van der Waals surface area contributed by atoms with Gasteiger partial charge in [0, 0.05) is 18.3 Å². The third-order valence-electron chi connectivity index (χ3n) is 3.58. The molecule has 4 N–H and O–H groups in total. The van der Waals surface area contributed by atoms with E-state index in [4.69, 9.17) is 10.5 Å². The lowest BCUT2D eigenvalue weighted by molar-refractivity contribution is 0.0868. The monoisotopic (exact) mass is 277 g/mol. The topological polar surface area (TPSA) is 76.4 Å². The lowest BCUT2D eigenvalue weighted by Crippen LogP contribution is -2.42. The van der Waals surface area contributed by atoms with Gasteiger partial charge in [-0.05, 0) is 44.4 Å². The molecule has 1 heterocycles. The number of hydrogen-bond acceptors (Lipinski definition) is 3. The maximum Gasteiger partial charge on any atom is 0.319 e. The van der Waals surface area contributed by atoms with E-state index in [2.05, 4.69) is 10.6 Å². The van der Waals surface area contributed by atoms with Crippen LogP contribution >= 0.6 is 0 Å². The van der Waals surface area contributed by atoms with Gasteiger partial charge in [-0.2, -0.15) is 0 Å². The third-order valence-corrected chi connectivity index (χ3v) is 3.58. The van der Waals surface area contributed by atoms with Gasteiger partial charge in [-0.25, -0.2) is 4.79 Å². The molecular formula is C15H23N3O2. The van der Waals surface area contributed by atoms with Crippen molar-refractivity contribution in [1.82, 2.24) is 5.32 Å². The van der Waals surface area contributed by atoms with Crippen LogP contribution in [0.2, 0.25) is 0 Å². The second kappa shape index (κ2) is 6.72. The minimum absolute atomic E-state index is 0.00239. The second-order valence-electron chi connectivity index (χ2n) is 5.35. The van der Waals surface area contributed by atoms with Gasteiger partial charge in [0.05, 0.1) is 12.1 Å². The van der Waals surface area contributed by atoms with Crippen molar-refractivity contribution in [3.8, 4) is 0 Å². The maximum atomic E-state index is 11.9. The van der Waals surface area contributed by atoms with Crippen molar-refractivity contribution in [3.05, 3.63) is 29.8 Å². The molecule has 1 aromatic carbocycles. The lowest BCUT2D eigenvalue weighted by atomic mass is 10.1. The number of benzene rings is 1. The molecule has 3 atom stereocenters. The van der Waals surface area contributed by atoms with Gasteiger partial charge in [0.25, 0.3) is 0 Å². The summed E-state index contributed by atoms with van der Waals surface area (Å²) in [5.74, 6) is 0. The van der Waals surface area contributed by atoms with Crippen LogP contribution < -0.4 is 16.4 Å². The Balaban J connectivity index is 1.84. The van der Waals surface area contributed by atoms with E-state index in [0.29, 0.717) is 0 Å². The minimum atomic E-state index is -0.207. The van der Waals surface area contributed by atoms with Crippen LogP contribution in [0.25, 0.3) is 0 Å². The maximum absolute atomic E-state index is 11.9. The molecule has 110 valence electrons. The van der Waals surface area contributed by atoms with Crippen LogP contribution in [0.1, 0.15) is 38.3 Å². The molecule has 5 heteroatoms. The lowest BCUT2D eigenvalue weighted by Gasteiger charge is -2.20. The average molecular weight is 277 g/mol. The normalized spacial score (nSPS) is 21.2. The summed E-state index contributed by atoms with van der Waals surface area (Å²) >= 11 is 0. The summed E-state index contributed by atoms with van der Waals surface area (Å²) in [6.07, 6.45) is 2.20. The molecule has 0 spiro atoms. The summed E-state index contributed by atoms with van der Waals surface area (Å²) in [5, 5.41) is 5.72. The first kappa shape index (κ1) is 14.8. The highest BCUT2D eigenvalue weighted by molar-refractivity contribution is 5.89. The number of nitrogens with two attached hydrogens (primary N) is 1. The fraction of sp³-hybridized carbons (Fsp3) is 0.533. The van der Waals surface area contributed by atoms with Crippen LogP contribution in [0.15, 0.2) is 24.3 Å². The van der Waals surface area contributed by atoms with Gasteiger partial charge in [-0.1, -0.05) is 12.1 Å². The van der Waals surface area contributed by atoms with Gasteiger partial charge in [0.1, 0.15) is 0 Å². The molecule has 2 amide bonds. The Morgan fingerprint density at radius 1 is 1.35 bits per heavy atom. The quantitative estimate of drug-likeness (QED) is 0.791. The zero-order valence-electron chi connectivity index (χ0n) is 12.1. The van der Waals surface area contributed by atoms with Crippen LogP contribution in [0.5, 0.6) is 0 Å². The molecule has 0 saturated carbocycles. The molecule has 1 saturated heterocycles. The van der Waals surface area contributed by atoms with Crippen molar-refractivity contribution in [2.24, 2.45) is 5.73 Å². The first-order valence-corrected chi connectivity index (χ1v) is 7.11. The highest BCUT2D eigenvalue weighted by Gasteiger charge is 2.23. The largest absolute Gasteiger partial charge is 0.376 e. The predicted octanol–water partition coefficient (Wildman–Crippen LogP) is 2.40. The number of ether oxygens (including phenoxy) is 1. The first-order valence-electron chi connectivity index (χ1n) is 7.11. The van der Waals surface area contributed by atoms with Crippen LogP contribution in [0.4, 0.5) is 10.5 Å². The highest BCUT2D eigenvalue weighted by atomic mass is 16.5. The molecule has 1 aliphatic heterocycles. The number of urea groups is 1. The average Bonchev–Trinajstić information content (AvgIpc) is 2.93. The zero-order valence-corrected chi connectivity index (χ0v) is 12.1. The van der Waals surface area contributed by atoms with Crippen molar-refractivity contribution in [1.29, 1.82) is 0 Å². The van der Waals surface area contributed by atoms with Crippen molar-refractivity contribution in [2.75, 3.05) is 11.9 Å². The van der Waals surface area contributed by atoms with Gasteiger partial charge < -0.3 is 21.1 Å². The number of anilines is 1. The Kier molecular flexibility index (Phi) is 4.98. The second-order valence-corrected chi connectivity index (χ2v) is 5.35. The summed E-state index contributed by atoms with van der Waals surface area (Å²) in [5.41, 5.74) is 7.59. The Morgan fingerprint density at radius 3 is 2.60 bits per heavy atom. The number of amides is 2. The fourth-order valence-corrected chi connectivity index (χ4v) is 2.33. The summed E-state index contributed by atoms with van der Waals surface area (Å²) in [7, 11) is 0. The summed E-state index contributed by atoms with van der Waals surface area (Å²) in [4.78, 5) is 11.9. The predicted molar refractivity (Wildman–Crippen MR) is 79.6 cm³/mol. The molecule has 3 unspecified atom stereocenters. The Labute approximate surface area is 119 Å². The molecule has 0 radical (unpaired) electrons. The molecule has 0 bridgehead atoms. The van der Waals surface area contributed by atoms with E-state index in [0.717, 1.165) is 30.7 Å². The van der Waals surface area contributed by atoms with Crippen LogP contribution in [0.3, 0.4) is 0 Å². The van der Waals surface area contributed by atoms with Crippen molar-refractivity contribution in [2.45, 2.75) is 44.9 Å². The SMILES string of the molecule is CC(N)c1ccc(NC(=O)NC(C)C2CCCO2)cc1. The Bertz CT molecular complexity index is 439. The molecular weight excluding hydrogens is 254 g/mol. The highest BCUT2D eigenvalue weighted by Crippen LogP contribution is 2.16. The molecule has 20 heavy (non-hydrogen) atoms. The number of carbonyl (C=O) groups excluding carboxylic acids is 1. The molecule has 1 aliphatic rings. The molecule has 2 rings (SSSR count). The number of hydrogen-bond donors (Lipinski definition) is 3. The smallest absolute Gasteiger partial charge is 0.319 e. The van der Waals surface area contributed by atoms with Gasteiger partial charge in [-0.3, -0.25) is 0 Å². The van der Waals surface area contributed by atoms with Crippen LogP contribution in [-0.2, 0) is 4.74 Å². The van der Waals surface area contributed by atoms with E-state index in [1.807, 2.05) is 38.1 Å². The van der Waals surface area contributed by atoms with E-state index >= 15 is 0 Å². The molecule has 1 aromatic rings. The Morgan fingerprint density at radius 2 is 2.05 bits per heavy atom. The first-order chi connectivity index (χ1) is 9.56. The van der Waals surface area contributed by atoms with Crippen LogP contribution in [0, 0.1) is 0 Å². The van der Waals surface area contributed by atoms with Crippen molar-refractivity contribution >= 4 is 11.7 Å². The Hall–Kier alpha value is -1.59. The summed E-state index contributed by atoms with van der Waals surface area (Å²) in [6, 6.07) is 7.36. The van der Waals surface area contributed by atoms with Gasteiger partial charge >= 0.3 is 6.03 Å². The van der Waals surface area contributed by atoms with Gasteiger partial charge in [0.15, 0.2) is 0 Å². The van der Waals surface area contributed by atoms with Crippen molar-refractivity contribution in [3.63, 3.8) is 0 Å². The summed E-state index contributed by atoms with van der Waals surface area (Å²) in [6.45, 7) is 4.68. The van der Waals surface area contributed by atoms with E-state index in [-0.39, 0.29) is 24.2 Å². The van der Waals surface area contributed by atoms with E-state index in [9.17, 15) is 4.79 Å². The van der Waals surface area contributed by atoms with E-state index in [1.165, 1.54) is 0 Å². The van der Waals surface area contributed by atoms with Crippen LogP contribution in [-0.4, -0.2) is 24.8 Å². The van der Waals surface area contributed by atoms with E-state index < -0.39 is 0 Å². The molecule has 0 aliphatic carbocycles. The minimum Gasteiger partial charge on any atom is -0.376 e. The number of rotatable bonds is 4. The van der Waals surface area contributed by atoms with Crippen molar-refractivity contribution < 1.29 is 9.53 Å². The van der Waals surface area contributed by atoms with E-state index in [1.54, 1.807) is 0 Å². The zero-order chi connectivity index (χ0) is 14.5.